The Hall–Kier alpha value is -2.73. The highest BCUT2D eigenvalue weighted by molar-refractivity contribution is 6.30. The minimum Gasteiger partial charge on any atom is -0.486 e. The van der Waals surface area contributed by atoms with Gasteiger partial charge in [-0.25, -0.2) is 0 Å². The molecule has 0 fully saturated rings. The summed E-state index contributed by atoms with van der Waals surface area (Å²) in [5.41, 5.74) is 1.36. The molecule has 2 amide bonds. The molecule has 2 unspecified atom stereocenters. The van der Waals surface area contributed by atoms with Gasteiger partial charge in [-0.2, -0.15) is 0 Å². The van der Waals surface area contributed by atoms with Crippen molar-refractivity contribution in [2.45, 2.75) is 32.9 Å². The average Bonchev–Trinajstić information content (AvgIpc) is 2.75. The lowest BCUT2D eigenvalue weighted by atomic mass is 9.97. The molecule has 1 aliphatic heterocycles. The Morgan fingerprint density at radius 3 is 2.45 bits per heavy atom. The molecule has 154 valence electrons. The van der Waals surface area contributed by atoms with Crippen molar-refractivity contribution in [2.75, 3.05) is 13.2 Å². The molecule has 0 spiro atoms. The quantitative estimate of drug-likeness (QED) is 0.723. The molecule has 2 atom stereocenters. The normalized spacial score (nSPS) is 14.6. The van der Waals surface area contributed by atoms with Crippen LogP contribution in [-0.2, 0) is 11.3 Å². The smallest absolute Gasteiger partial charge is 0.251 e. The molecule has 0 aliphatic carbocycles. The van der Waals surface area contributed by atoms with E-state index in [2.05, 4.69) is 10.6 Å². The van der Waals surface area contributed by atoms with Gasteiger partial charge in [0, 0.05) is 17.1 Å². The number of nitrogens with one attached hydrogen (secondary N) is 2. The fraction of sp³-hybridized carbons (Fsp3) is 0.364. The lowest BCUT2D eigenvalue weighted by molar-refractivity contribution is -0.124. The lowest BCUT2D eigenvalue weighted by Crippen LogP contribution is -2.50. The van der Waals surface area contributed by atoms with Gasteiger partial charge >= 0.3 is 0 Å². The fourth-order valence-electron chi connectivity index (χ4n) is 3.02. The summed E-state index contributed by atoms with van der Waals surface area (Å²) < 4.78 is 11.1. The molecule has 7 heteroatoms. The molecule has 0 saturated carbocycles. The fourth-order valence-corrected chi connectivity index (χ4v) is 3.15. The summed E-state index contributed by atoms with van der Waals surface area (Å²) in [6.45, 7) is 5.30. The van der Waals surface area contributed by atoms with E-state index in [1.807, 2.05) is 32.0 Å². The molecule has 0 saturated heterocycles. The van der Waals surface area contributed by atoms with Crippen molar-refractivity contribution in [3.63, 3.8) is 0 Å². The van der Waals surface area contributed by atoms with Crippen molar-refractivity contribution in [1.82, 2.24) is 10.6 Å². The first-order valence-electron chi connectivity index (χ1n) is 9.70. The number of carbonyl (C=O) groups excluding carboxylic acids is 2. The first-order chi connectivity index (χ1) is 14.0. The Morgan fingerprint density at radius 2 is 1.76 bits per heavy atom. The van der Waals surface area contributed by atoms with Crippen LogP contribution in [-0.4, -0.2) is 31.1 Å². The van der Waals surface area contributed by atoms with Gasteiger partial charge in [-0.15, -0.1) is 0 Å². The molecule has 0 aromatic heterocycles. The molecule has 2 aromatic rings. The zero-order valence-corrected chi connectivity index (χ0v) is 17.3. The molecule has 6 nitrogen and oxygen atoms in total. The van der Waals surface area contributed by atoms with E-state index in [0.717, 1.165) is 12.0 Å². The van der Waals surface area contributed by atoms with E-state index < -0.39 is 6.04 Å². The number of benzene rings is 2. The van der Waals surface area contributed by atoms with Crippen LogP contribution >= 0.6 is 11.6 Å². The number of carbonyl (C=O) groups is 2. The van der Waals surface area contributed by atoms with E-state index in [4.69, 9.17) is 21.1 Å². The predicted molar refractivity (Wildman–Crippen MR) is 111 cm³/mol. The summed E-state index contributed by atoms with van der Waals surface area (Å²) in [4.78, 5) is 25.4. The van der Waals surface area contributed by atoms with E-state index in [9.17, 15) is 9.59 Å². The van der Waals surface area contributed by atoms with Gasteiger partial charge < -0.3 is 20.1 Å². The van der Waals surface area contributed by atoms with E-state index in [1.54, 1.807) is 24.3 Å². The monoisotopic (exact) mass is 416 g/mol. The number of halogens is 1. The van der Waals surface area contributed by atoms with Crippen LogP contribution in [0.4, 0.5) is 0 Å². The molecule has 2 N–H and O–H groups in total. The second-order valence-electron chi connectivity index (χ2n) is 7.04. The highest BCUT2D eigenvalue weighted by Crippen LogP contribution is 2.30. The van der Waals surface area contributed by atoms with Gasteiger partial charge in [0.1, 0.15) is 19.3 Å². The zero-order valence-electron chi connectivity index (χ0n) is 16.5. The van der Waals surface area contributed by atoms with Gasteiger partial charge in [-0.05, 0) is 47.9 Å². The Kier molecular flexibility index (Phi) is 6.99. The van der Waals surface area contributed by atoms with Crippen molar-refractivity contribution in [1.29, 1.82) is 0 Å². The van der Waals surface area contributed by atoms with Crippen LogP contribution < -0.4 is 20.1 Å². The van der Waals surface area contributed by atoms with E-state index in [1.165, 1.54) is 0 Å². The highest BCUT2D eigenvalue weighted by atomic mass is 35.5. The van der Waals surface area contributed by atoms with E-state index in [0.29, 0.717) is 41.8 Å². The summed E-state index contributed by atoms with van der Waals surface area (Å²) in [7, 11) is 0. The first kappa shape index (κ1) is 21.0. The number of hydrogen-bond acceptors (Lipinski definition) is 4. The Bertz CT molecular complexity index is 870. The zero-order chi connectivity index (χ0) is 20.8. The second kappa shape index (κ2) is 9.65. The van der Waals surface area contributed by atoms with Gasteiger partial charge in [0.05, 0.1) is 0 Å². The third-order valence-corrected chi connectivity index (χ3v) is 5.21. The summed E-state index contributed by atoms with van der Waals surface area (Å²) in [6, 6.07) is 11.5. The van der Waals surface area contributed by atoms with Gasteiger partial charge in [0.15, 0.2) is 11.5 Å². The molecule has 1 heterocycles. The van der Waals surface area contributed by atoms with Gasteiger partial charge in [-0.1, -0.05) is 37.9 Å². The molecule has 1 aliphatic rings. The third kappa shape index (κ3) is 5.41. The van der Waals surface area contributed by atoms with Gasteiger partial charge in [0.2, 0.25) is 5.91 Å². The maximum atomic E-state index is 12.8. The molecular weight excluding hydrogens is 392 g/mol. The van der Waals surface area contributed by atoms with Crippen LogP contribution in [0.25, 0.3) is 0 Å². The molecule has 0 bridgehead atoms. The van der Waals surface area contributed by atoms with Crippen molar-refractivity contribution in [3.05, 3.63) is 58.6 Å². The number of amides is 2. The Labute approximate surface area is 175 Å². The minimum absolute atomic E-state index is 0.0217. The first-order valence-corrected chi connectivity index (χ1v) is 10.1. The standard InChI is InChI=1S/C22H25ClN2O4/c1-3-14(2)20(25-21(26)16-5-7-17(23)8-6-16)22(27)24-13-15-4-9-18-19(12-15)29-11-10-28-18/h4-9,12,14,20H,3,10-11,13H2,1-2H3,(H,24,27)(H,25,26). The van der Waals surface area contributed by atoms with E-state index in [-0.39, 0.29) is 17.7 Å². The maximum absolute atomic E-state index is 12.8. The van der Waals surface area contributed by atoms with Crippen LogP contribution in [0, 0.1) is 5.92 Å². The molecule has 3 rings (SSSR count). The number of fused-ring (bicyclic) bond motifs is 1. The number of ether oxygens (including phenoxy) is 2. The van der Waals surface area contributed by atoms with Crippen LogP contribution in [0.3, 0.4) is 0 Å². The second-order valence-corrected chi connectivity index (χ2v) is 7.48. The van der Waals surface area contributed by atoms with Gasteiger partial charge in [-0.3, -0.25) is 9.59 Å². The summed E-state index contributed by atoms with van der Waals surface area (Å²) >= 11 is 5.88. The van der Waals surface area contributed by atoms with Crippen LogP contribution in [0.5, 0.6) is 11.5 Å². The number of hydrogen-bond donors (Lipinski definition) is 2. The minimum atomic E-state index is -0.639. The summed E-state index contributed by atoms with van der Waals surface area (Å²) in [5, 5.41) is 6.32. The predicted octanol–water partition coefficient (Wildman–Crippen LogP) is 3.57. The molecule has 29 heavy (non-hydrogen) atoms. The third-order valence-electron chi connectivity index (χ3n) is 4.96. The van der Waals surface area contributed by atoms with Crippen LogP contribution in [0.15, 0.2) is 42.5 Å². The molecular formula is C22H25ClN2O4. The Morgan fingerprint density at radius 1 is 1.07 bits per heavy atom. The SMILES string of the molecule is CCC(C)C(NC(=O)c1ccc(Cl)cc1)C(=O)NCc1ccc2c(c1)OCCO2. The topological polar surface area (TPSA) is 76.7 Å². The van der Waals surface area contributed by atoms with Crippen molar-refractivity contribution < 1.29 is 19.1 Å². The van der Waals surface area contributed by atoms with Gasteiger partial charge in [0.25, 0.3) is 5.91 Å². The summed E-state index contributed by atoms with van der Waals surface area (Å²) in [5.74, 6) is 0.834. The molecule has 0 radical (unpaired) electrons. The number of rotatable bonds is 7. The summed E-state index contributed by atoms with van der Waals surface area (Å²) in [6.07, 6.45) is 0.753. The largest absolute Gasteiger partial charge is 0.486 e. The average molecular weight is 417 g/mol. The maximum Gasteiger partial charge on any atom is 0.251 e. The lowest BCUT2D eigenvalue weighted by Gasteiger charge is -2.24. The Balaban J connectivity index is 1.64. The van der Waals surface area contributed by atoms with Crippen LogP contribution in [0.2, 0.25) is 5.02 Å². The van der Waals surface area contributed by atoms with Crippen LogP contribution in [0.1, 0.15) is 36.2 Å². The molecule has 2 aromatic carbocycles. The highest BCUT2D eigenvalue weighted by Gasteiger charge is 2.26. The van der Waals surface area contributed by atoms with Crippen molar-refractivity contribution in [2.24, 2.45) is 5.92 Å². The van der Waals surface area contributed by atoms with Crippen molar-refractivity contribution >= 4 is 23.4 Å². The van der Waals surface area contributed by atoms with E-state index >= 15 is 0 Å². The van der Waals surface area contributed by atoms with Crippen molar-refractivity contribution in [3.8, 4) is 11.5 Å².